The molecule has 2 fully saturated rings. The van der Waals surface area contributed by atoms with E-state index < -0.39 is 0 Å². The van der Waals surface area contributed by atoms with Gasteiger partial charge in [0.1, 0.15) is 0 Å². The van der Waals surface area contributed by atoms with Crippen LogP contribution in [0.2, 0.25) is 0 Å². The molecule has 0 heterocycles. The lowest BCUT2D eigenvalue weighted by atomic mass is 9.55. The average molecular weight is 407 g/mol. The van der Waals surface area contributed by atoms with Crippen LogP contribution in [0.15, 0.2) is 11.6 Å². The van der Waals surface area contributed by atoms with E-state index in [1.807, 2.05) is 0 Å². The summed E-state index contributed by atoms with van der Waals surface area (Å²) in [4.78, 5) is 0. The van der Waals surface area contributed by atoms with Crippen molar-refractivity contribution in [2.24, 2.45) is 40.9 Å². The Labute approximate surface area is 181 Å². The van der Waals surface area contributed by atoms with Gasteiger partial charge in [-0.05, 0) is 85.9 Å². The lowest BCUT2D eigenvalue weighted by molar-refractivity contribution is 0.0902. The molecule has 1 heteroatoms. The van der Waals surface area contributed by atoms with Gasteiger partial charge in [-0.1, -0.05) is 78.4 Å². The Morgan fingerprint density at radius 2 is 1.86 bits per heavy atom. The second-order valence-corrected chi connectivity index (χ2v) is 12.2. The highest BCUT2D eigenvalue weighted by Crippen LogP contribution is 2.56. The van der Waals surface area contributed by atoms with Gasteiger partial charge in [0.05, 0.1) is 0 Å². The Hall–Kier alpha value is 0.0300. The monoisotopic (exact) mass is 406 g/mol. The third-order valence-electron chi connectivity index (χ3n) is 9.15. The molecule has 0 spiro atoms. The average Bonchev–Trinajstić information content (AvgIpc) is 2.71. The molecule has 0 aromatic rings. The molecule has 0 radical (unpaired) electrons. The molecule has 162 valence electrons. The Balaban J connectivity index is 1.65. The van der Waals surface area contributed by atoms with Crippen LogP contribution in [0, 0.1) is 40.9 Å². The maximum Gasteiger partial charge on any atom is 0.0373 e. The molecule has 0 bridgehead atoms. The van der Waals surface area contributed by atoms with E-state index in [0.717, 1.165) is 41.9 Å². The molecule has 0 N–H and O–H groups in total. The molecular formula is C27H47Cl. The summed E-state index contributed by atoms with van der Waals surface area (Å²) < 4.78 is 0. The van der Waals surface area contributed by atoms with Gasteiger partial charge in [0.25, 0.3) is 0 Å². The van der Waals surface area contributed by atoms with E-state index in [0.29, 0.717) is 10.8 Å². The molecule has 0 saturated heterocycles. The van der Waals surface area contributed by atoms with Crippen molar-refractivity contribution in [3.63, 3.8) is 0 Å². The second kappa shape index (κ2) is 9.89. The normalized spacial score (nSPS) is 40.5. The minimum atomic E-state index is 0.391. The van der Waals surface area contributed by atoms with E-state index in [9.17, 15) is 0 Å². The summed E-state index contributed by atoms with van der Waals surface area (Å²) in [6.07, 6.45) is 19.3. The Morgan fingerprint density at radius 1 is 1.07 bits per heavy atom. The fourth-order valence-corrected chi connectivity index (χ4v) is 7.52. The Morgan fingerprint density at radius 3 is 2.61 bits per heavy atom. The fourth-order valence-electron chi connectivity index (χ4n) is 7.25. The van der Waals surface area contributed by atoms with Gasteiger partial charge in [0.15, 0.2) is 0 Å². The van der Waals surface area contributed by atoms with Crippen LogP contribution in [0.5, 0.6) is 0 Å². The molecule has 3 aliphatic rings. The van der Waals surface area contributed by atoms with Crippen LogP contribution in [-0.2, 0) is 0 Å². The maximum atomic E-state index is 6.56. The predicted octanol–water partition coefficient (Wildman–Crippen LogP) is 9.03. The first-order chi connectivity index (χ1) is 13.3. The summed E-state index contributed by atoms with van der Waals surface area (Å²) in [6.45, 7) is 12.5. The molecule has 28 heavy (non-hydrogen) atoms. The highest BCUT2D eigenvalue weighted by Gasteiger charge is 2.46. The smallest absolute Gasteiger partial charge is 0.0373 e. The standard InChI is InChI=1S/C27H47Cl/c1-19(2)8-6-9-20(3)25-11-7-10-22-13-14-23-18-24(28)16-17-27(23,5)26(22)15-12-21(25)4/h14,19-22,24-26H,6-13,15-18H2,1-5H3. The van der Waals surface area contributed by atoms with Gasteiger partial charge in [-0.2, -0.15) is 0 Å². The van der Waals surface area contributed by atoms with Crippen molar-refractivity contribution in [3.8, 4) is 0 Å². The molecule has 0 aromatic heterocycles. The first-order valence-electron chi connectivity index (χ1n) is 12.6. The lowest BCUT2D eigenvalue weighted by Crippen LogP contribution is -2.41. The van der Waals surface area contributed by atoms with Gasteiger partial charge in [0.2, 0.25) is 0 Å². The van der Waals surface area contributed by atoms with Crippen molar-refractivity contribution >= 4 is 11.6 Å². The van der Waals surface area contributed by atoms with Crippen LogP contribution < -0.4 is 0 Å². The number of alkyl halides is 1. The molecular weight excluding hydrogens is 360 g/mol. The zero-order valence-corrected chi connectivity index (χ0v) is 20.2. The van der Waals surface area contributed by atoms with Crippen LogP contribution >= 0.6 is 11.6 Å². The van der Waals surface area contributed by atoms with Gasteiger partial charge >= 0.3 is 0 Å². The topological polar surface area (TPSA) is 0 Å². The van der Waals surface area contributed by atoms with Gasteiger partial charge in [0, 0.05) is 5.38 Å². The van der Waals surface area contributed by atoms with Gasteiger partial charge in [-0.3, -0.25) is 0 Å². The van der Waals surface area contributed by atoms with Crippen molar-refractivity contribution in [2.45, 2.75) is 117 Å². The SMILES string of the molecule is CC(C)CCCC(C)C1CCCC2CC=C3CC(Cl)CCC3(C)C2CCC1C. The van der Waals surface area contributed by atoms with E-state index in [1.54, 1.807) is 5.57 Å². The quantitative estimate of drug-likeness (QED) is 0.315. The van der Waals surface area contributed by atoms with Crippen LogP contribution in [0.4, 0.5) is 0 Å². The van der Waals surface area contributed by atoms with Gasteiger partial charge in [-0.25, -0.2) is 0 Å². The molecule has 0 nitrogen and oxygen atoms in total. The second-order valence-electron chi connectivity index (χ2n) is 11.5. The van der Waals surface area contributed by atoms with Crippen molar-refractivity contribution < 1.29 is 0 Å². The van der Waals surface area contributed by atoms with Crippen LogP contribution in [0.1, 0.15) is 112 Å². The number of hydrogen-bond donors (Lipinski definition) is 0. The van der Waals surface area contributed by atoms with E-state index in [1.165, 1.54) is 70.6 Å². The number of fused-ring (bicyclic) bond motifs is 3. The first kappa shape index (κ1) is 22.7. The summed E-state index contributed by atoms with van der Waals surface area (Å²) in [5.41, 5.74) is 2.18. The Bertz CT molecular complexity index is 520. The Kier molecular flexibility index (Phi) is 8.02. The van der Waals surface area contributed by atoms with Crippen molar-refractivity contribution in [1.29, 1.82) is 0 Å². The summed E-state index contributed by atoms with van der Waals surface area (Å²) >= 11 is 6.56. The molecule has 0 aromatic carbocycles. The lowest BCUT2D eigenvalue weighted by Gasteiger charge is -2.50. The molecule has 3 aliphatic carbocycles. The van der Waals surface area contributed by atoms with Crippen molar-refractivity contribution in [2.75, 3.05) is 0 Å². The number of allylic oxidation sites excluding steroid dienone is 2. The van der Waals surface area contributed by atoms with E-state index in [2.05, 4.69) is 40.7 Å². The largest absolute Gasteiger partial charge is 0.123 e. The molecule has 0 amide bonds. The zero-order chi connectivity index (χ0) is 20.3. The summed E-state index contributed by atoms with van der Waals surface area (Å²) in [5.74, 6) is 5.46. The maximum absolute atomic E-state index is 6.56. The highest BCUT2D eigenvalue weighted by molar-refractivity contribution is 6.20. The molecule has 7 atom stereocenters. The number of halogens is 1. The molecule has 2 saturated carbocycles. The van der Waals surface area contributed by atoms with Crippen molar-refractivity contribution in [1.82, 2.24) is 0 Å². The van der Waals surface area contributed by atoms with Gasteiger partial charge < -0.3 is 0 Å². The van der Waals surface area contributed by atoms with Crippen molar-refractivity contribution in [3.05, 3.63) is 11.6 Å². The van der Waals surface area contributed by atoms with Crippen LogP contribution in [-0.4, -0.2) is 5.38 Å². The summed E-state index contributed by atoms with van der Waals surface area (Å²) in [5, 5.41) is 0.391. The third-order valence-corrected chi connectivity index (χ3v) is 9.53. The summed E-state index contributed by atoms with van der Waals surface area (Å²) in [6, 6.07) is 0. The van der Waals surface area contributed by atoms with Gasteiger partial charge in [-0.15, -0.1) is 11.6 Å². The van der Waals surface area contributed by atoms with E-state index in [4.69, 9.17) is 11.6 Å². The first-order valence-corrected chi connectivity index (χ1v) is 13.1. The molecule has 7 unspecified atom stereocenters. The van der Waals surface area contributed by atoms with Crippen LogP contribution in [0.3, 0.4) is 0 Å². The zero-order valence-electron chi connectivity index (χ0n) is 19.5. The highest BCUT2D eigenvalue weighted by atomic mass is 35.5. The molecule has 0 aliphatic heterocycles. The fraction of sp³-hybridized carbons (Fsp3) is 0.926. The minimum absolute atomic E-state index is 0.391. The molecule has 3 rings (SSSR count). The van der Waals surface area contributed by atoms with E-state index >= 15 is 0 Å². The van der Waals surface area contributed by atoms with E-state index in [-0.39, 0.29) is 0 Å². The minimum Gasteiger partial charge on any atom is -0.123 e. The number of rotatable bonds is 5. The van der Waals surface area contributed by atoms with Crippen LogP contribution in [0.25, 0.3) is 0 Å². The number of hydrogen-bond acceptors (Lipinski definition) is 0. The third kappa shape index (κ3) is 5.19. The summed E-state index contributed by atoms with van der Waals surface area (Å²) in [7, 11) is 0. The predicted molar refractivity (Wildman–Crippen MR) is 125 cm³/mol.